The first-order valence-corrected chi connectivity index (χ1v) is 8.87. The van der Waals surface area contributed by atoms with Crippen molar-refractivity contribution in [1.82, 2.24) is 15.2 Å². The van der Waals surface area contributed by atoms with Crippen molar-refractivity contribution in [2.75, 3.05) is 19.6 Å². The minimum atomic E-state index is 0. The molecule has 26 heavy (non-hydrogen) atoms. The van der Waals surface area contributed by atoms with Crippen molar-refractivity contribution in [3.63, 3.8) is 0 Å². The number of hydrogen-bond acceptors (Lipinski definition) is 4. The van der Waals surface area contributed by atoms with Gasteiger partial charge in [-0.15, -0.1) is 12.4 Å². The third kappa shape index (κ3) is 4.74. The molecule has 2 unspecified atom stereocenters. The second kappa shape index (κ2) is 9.55. The molecule has 1 aliphatic rings. The number of nitrogens with one attached hydrogen (secondary N) is 1. The minimum absolute atomic E-state index is 0. The highest BCUT2D eigenvalue weighted by Gasteiger charge is 2.28. The zero-order chi connectivity index (χ0) is 17.6. The highest BCUT2D eigenvalue weighted by molar-refractivity contribution is 5.94. The Morgan fingerprint density at radius 1 is 1.35 bits per heavy atom. The van der Waals surface area contributed by atoms with Gasteiger partial charge in [0, 0.05) is 37.6 Å². The van der Waals surface area contributed by atoms with Crippen LogP contribution in [-0.2, 0) is 0 Å². The van der Waals surface area contributed by atoms with Crippen LogP contribution in [0.25, 0.3) is 0 Å². The molecule has 1 saturated heterocycles. The average Bonchev–Trinajstić information content (AvgIpc) is 2.68. The second-order valence-electron chi connectivity index (χ2n) is 6.37. The Balaban J connectivity index is 0.00000243. The standard InChI is InChI=1S/C20H25N3O2.ClH/c1-3-15(2)25-18-8-6-16(7-9-18)20(24)23-12-11-22-14-19(23)17-5-4-10-21-13-17;/h4-10,13,15,19,22H,3,11-12,14H2,1-2H3;1H. The van der Waals surface area contributed by atoms with Gasteiger partial charge in [0.1, 0.15) is 5.75 Å². The van der Waals surface area contributed by atoms with E-state index in [0.717, 1.165) is 30.8 Å². The number of pyridine rings is 1. The molecule has 0 aliphatic carbocycles. The Bertz CT molecular complexity index is 694. The molecule has 2 heterocycles. The average molecular weight is 376 g/mol. The van der Waals surface area contributed by atoms with Gasteiger partial charge in [-0.2, -0.15) is 0 Å². The molecule has 0 bridgehead atoms. The number of rotatable bonds is 5. The van der Waals surface area contributed by atoms with Crippen LogP contribution >= 0.6 is 12.4 Å². The summed E-state index contributed by atoms with van der Waals surface area (Å²) in [5, 5.41) is 3.37. The molecule has 5 nitrogen and oxygen atoms in total. The van der Waals surface area contributed by atoms with Crippen molar-refractivity contribution >= 4 is 18.3 Å². The predicted molar refractivity (Wildman–Crippen MR) is 105 cm³/mol. The van der Waals surface area contributed by atoms with Crippen LogP contribution in [0.4, 0.5) is 0 Å². The van der Waals surface area contributed by atoms with E-state index in [4.69, 9.17) is 4.74 Å². The monoisotopic (exact) mass is 375 g/mol. The molecule has 1 amide bonds. The summed E-state index contributed by atoms with van der Waals surface area (Å²) in [6.07, 6.45) is 4.71. The number of ether oxygens (including phenoxy) is 1. The molecular formula is C20H26ClN3O2. The van der Waals surface area contributed by atoms with Crippen molar-refractivity contribution < 1.29 is 9.53 Å². The number of nitrogens with zero attached hydrogens (tertiary/aromatic N) is 2. The summed E-state index contributed by atoms with van der Waals surface area (Å²) in [7, 11) is 0. The van der Waals surface area contributed by atoms with E-state index in [9.17, 15) is 4.79 Å². The minimum Gasteiger partial charge on any atom is -0.491 e. The number of amides is 1. The quantitative estimate of drug-likeness (QED) is 0.869. The van der Waals surface area contributed by atoms with E-state index in [1.807, 2.05) is 54.4 Å². The van der Waals surface area contributed by atoms with Crippen molar-refractivity contribution in [2.24, 2.45) is 0 Å². The van der Waals surface area contributed by atoms with Gasteiger partial charge < -0.3 is 15.0 Å². The smallest absolute Gasteiger partial charge is 0.254 e. The van der Waals surface area contributed by atoms with Crippen LogP contribution in [0, 0.1) is 0 Å². The van der Waals surface area contributed by atoms with Crippen LogP contribution in [0.15, 0.2) is 48.8 Å². The van der Waals surface area contributed by atoms with Gasteiger partial charge in [-0.1, -0.05) is 13.0 Å². The first kappa shape index (κ1) is 20.2. The van der Waals surface area contributed by atoms with Gasteiger partial charge in [0.2, 0.25) is 0 Å². The van der Waals surface area contributed by atoms with Crippen LogP contribution in [0.3, 0.4) is 0 Å². The molecule has 1 fully saturated rings. The van der Waals surface area contributed by atoms with Crippen molar-refractivity contribution in [3.8, 4) is 5.75 Å². The number of benzene rings is 1. The maximum Gasteiger partial charge on any atom is 0.254 e. The molecule has 3 rings (SSSR count). The Hall–Kier alpha value is -2.11. The number of carbonyl (C=O) groups excluding carboxylic acids is 1. The van der Waals surface area contributed by atoms with Crippen molar-refractivity contribution in [2.45, 2.75) is 32.4 Å². The predicted octanol–water partition coefficient (Wildman–Crippen LogP) is 3.47. The fraction of sp³-hybridized carbons (Fsp3) is 0.400. The zero-order valence-corrected chi connectivity index (χ0v) is 16.0. The third-order valence-corrected chi connectivity index (χ3v) is 4.59. The number of aromatic nitrogens is 1. The maximum absolute atomic E-state index is 13.0. The van der Waals surface area contributed by atoms with Gasteiger partial charge in [0.15, 0.2) is 0 Å². The molecule has 0 radical (unpaired) electrons. The summed E-state index contributed by atoms with van der Waals surface area (Å²) in [5.41, 5.74) is 1.74. The molecule has 1 N–H and O–H groups in total. The number of carbonyl (C=O) groups is 1. The van der Waals surface area contributed by atoms with Crippen LogP contribution in [0.2, 0.25) is 0 Å². The Morgan fingerprint density at radius 2 is 2.12 bits per heavy atom. The van der Waals surface area contributed by atoms with E-state index < -0.39 is 0 Å². The first-order chi connectivity index (χ1) is 12.2. The molecular weight excluding hydrogens is 350 g/mol. The lowest BCUT2D eigenvalue weighted by atomic mass is 10.0. The lowest BCUT2D eigenvalue weighted by Crippen LogP contribution is -2.48. The molecule has 1 aromatic heterocycles. The Labute approximate surface area is 161 Å². The molecule has 1 aliphatic heterocycles. The maximum atomic E-state index is 13.0. The van der Waals surface area contributed by atoms with E-state index in [0.29, 0.717) is 12.1 Å². The summed E-state index contributed by atoms with van der Waals surface area (Å²) in [5.74, 6) is 0.848. The van der Waals surface area contributed by atoms with E-state index in [2.05, 4.69) is 17.2 Å². The topological polar surface area (TPSA) is 54.5 Å². The summed E-state index contributed by atoms with van der Waals surface area (Å²) < 4.78 is 5.79. The summed E-state index contributed by atoms with van der Waals surface area (Å²) in [6, 6.07) is 11.4. The number of hydrogen-bond donors (Lipinski definition) is 1. The zero-order valence-electron chi connectivity index (χ0n) is 15.2. The van der Waals surface area contributed by atoms with Gasteiger partial charge in [-0.3, -0.25) is 9.78 Å². The fourth-order valence-corrected chi connectivity index (χ4v) is 2.98. The molecule has 1 aromatic carbocycles. The summed E-state index contributed by atoms with van der Waals surface area (Å²) >= 11 is 0. The second-order valence-corrected chi connectivity index (χ2v) is 6.37. The lowest BCUT2D eigenvalue weighted by Gasteiger charge is -2.36. The van der Waals surface area contributed by atoms with Crippen LogP contribution in [0.5, 0.6) is 5.75 Å². The van der Waals surface area contributed by atoms with Crippen molar-refractivity contribution in [1.29, 1.82) is 0 Å². The van der Waals surface area contributed by atoms with Gasteiger partial charge in [-0.25, -0.2) is 0 Å². The molecule has 0 spiro atoms. The summed E-state index contributed by atoms with van der Waals surface area (Å²) in [6.45, 7) is 6.36. The SMILES string of the molecule is CCC(C)Oc1ccc(C(=O)N2CCNCC2c2cccnc2)cc1.Cl. The van der Waals surface area contributed by atoms with Gasteiger partial charge in [-0.05, 0) is 49.2 Å². The highest BCUT2D eigenvalue weighted by atomic mass is 35.5. The Kier molecular flexibility index (Phi) is 7.42. The molecule has 2 aromatic rings. The normalized spacial score (nSPS) is 17.9. The van der Waals surface area contributed by atoms with Gasteiger partial charge in [0.25, 0.3) is 5.91 Å². The third-order valence-electron chi connectivity index (χ3n) is 4.59. The van der Waals surface area contributed by atoms with Crippen LogP contribution in [-0.4, -0.2) is 41.5 Å². The molecule has 6 heteroatoms. The largest absolute Gasteiger partial charge is 0.491 e. The lowest BCUT2D eigenvalue weighted by molar-refractivity contribution is 0.0634. The van der Waals surface area contributed by atoms with Crippen LogP contribution < -0.4 is 10.1 Å². The highest BCUT2D eigenvalue weighted by Crippen LogP contribution is 2.24. The van der Waals surface area contributed by atoms with Crippen molar-refractivity contribution in [3.05, 3.63) is 59.9 Å². The molecule has 0 saturated carbocycles. The van der Waals surface area contributed by atoms with E-state index in [1.54, 1.807) is 6.20 Å². The Morgan fingerprint density at radius 3 is 2.77 bits per heavy atom. The fourth-order valence-electron chi connectivity index (χ4n) is 2.98. The van der Waals surface area contributed by atoms with Gasteiger partial charge in [0.05, 0.1) is 12.1 Å². The van der Waals surface area contributed by atoms with E-state index >= 15 is 0 Å². The first-order valence-electron chi connectivity index (χ1n) is 8.87. The molecule has 2 atom stereocenters. The van der Waals surface area contributed by atoms with E-state index in [1.165, 1.54) is 0 Å². The van der Waals surface area contributed by atoms with Gasteiger partial charge >= 0.3 is 0 Å². The summed E-state index contributed by atoms with van der Waals surface area (Å²) in [4.78, 5) is 19.1. The molecule has 140 valence electrons. The van der Waals surface area contributed by atoms with Crippen LogP contribution in [0.1, 0.15) is 42.2 Å². The van der Waals surface area contributed by atoms with E-state index in [-0.39, 0.29) is 30.5 Å². The number of piperazine rings is 1. The number of halogens is 1.